The van der Waals surface area contributed by atoms with Gasteiger partial charge in [-0.15, -0.1) is 0 Å². The van der Waals surface area contributed by atoms with Crippen LogP contribution in [-0.4, -0.2) is 47.0 Å². The van der Waals surface area contributed by atoms with Crippen LogP contribution in [0.25, 0.3) is 32.1 Å². The molecule has 0 unspecified atom stereocenters. The van der Waals surface area contributed by atoms with E-state index in [4.69, 9.17) is 14.0 Å². The molecule has 0 saturated carbocycles. The maximum Gasteiger partial charge on any atom is 0.310 e. The van der Waals surface area contributed by atoms with Gasteiger partial charge in [-0.25, -0.2) is 0 Å². The van der Waals surface area contributed by atoms with Gasteiger partial charge in [-0.2, -0.15) is 4.52 Å². The molecule has 0 radical (unpaired) electrons. The minimum atomic E-state index is -1.12. The normalized spacial score (nSPS) is 15.2. The molecule has 0 spiro atoms. The monoisotopic (exact) mass is 473 g/mol. The zero-order valence-electron chi connectivity index (χ0n) is 20.2. The molecule has 0 fully saturated rings. The molecule has 4 aromatic rings. The number of fused-ring (bicyclic) bond motifs is 6. The number of rotatable bonds is 3. The van der Waals surface area contributed by atoms with Crippen LogP contribution in [0.3, 0.4) is 0 Å². The van der Waals surface area contributed by atoms with Crippen LogP contribution < -0.4 is 23.8 Å². The van der Waals surface area contributed by atoms with Gasteiger partial charge < -0.3 is 19.3 Å². The van der Waals surface area contributed by atoms with Crippen molar-refractivity contribution in [2.45, 2.75) is 13.8 Å². The minimum Gasteiger partial charge on any atom is -0.485 e. The van der Waals surface area contributed by atoms with Gasteiger partial charge in [0, 0.05) is 30.4 Å². The van der Waals surface area contributed by atoms with E-state index >= 15 is 0 Å². The predicted molar refractivity (Wildman–Crippen MR) is 143 cm³/mol. The molecule has 174 valence electrons. The summed E-state index contributed by atoms with van der Waals surface area (Å²) in [5.41, 5.74) is 5.99. The summed E-state index contributed by atoms with van der Waals surface area (Å²) in [4.78, 5) is 4.57. The average Bonchev–Trinajstić information content (AvgIpc) is 2.84. The molecule has 0 N–H and O–H groups in total. The van der Waals surface area contributed by atoms with Crippen molar-refractivity contribution in [1.29, 1.82) is 0 Å². The summed E-state index contributed by atoms with van der Waals surface area (Å²) in [6, 6.07) is 17.6. The van der Waals surface area contributed by atoms with Crippen LogP contribution in [0.5, 0.6) is 11.5 Å². The summed E-state index contributed by atoms with van der Waals surface area (Å²) in [5.74, 6) is 1.92. The predicted octanol–water partition coefficient (Wildman–Crippen LogP) is 6.34. The third-order valence-corrected chi connectivity index (χ3v) is 9.22. The molecular weight excluding hydrogens is 443 g/mol. The SMILES string of the molecule is CCO[p+]1c2c3c(ccc2c(-c2ccccc2C)c2ccc4c(c21)OCCN4C)N(C)CCO3. The number of likely N-dealkylation sites (N-methyl/N-ethyl adjacent to an activating group) is 2. The summed E-state index contributed by atoms with van der Waals surface area (Å²) in [6.07, 6.45) is 0. The Morgan fingerprint density at radius 3 is 1.91 bits per heavy atom. The second kappa shape index (κ2) is 8.33. The lowest BCUT2D eigenvalue weighted by atomic mass is 9.94. The van der Waals surface area contributed by atoms with Crippen molar-refractivity contribution in [3.8, 4) is 22.6 Å². The molecule has 34 heavy (non-hydrogen) atoms. The molecule has 1 aromatic heterocycles. The Kier molecular flexibility index (Phi) is 5.28. The number of nitrogens with zero attached hydrogens (tertiary/aromatic N) is 2. The first-order valence-electron chi connectivity index (χ1n) is 12.0. The van der Waals surface area contributed by atoms with Gasteiger partial charge in [0.25, 0.3) is 0 Å². The fraction of sp³-hybridized carbons (Fsp3) is 0.321. The third kappa shape index (κ3) is 3.14. The third-order valence-electron chi connectivity index (χ3n) is 7.01. The number of aryl methyl sites for hydroxylation is 1. The molecule has 3 aromatic carbocycles. The zero-order chi connectivity index (χ0) is 23.4. The van der Waals surface area contributed by atoms with E-state index in [-0.39, 0.29) is 0 Å². The summed E-state index contributed by atoms with van der Waals surface area (Å²) in [6.45, 7) is 8.00. The van der Waals surface area contributed by atoms with Crippen LogP contribution in [0, 0.1) is 6.92 Å². The highest BCUT2D eigenvalue weighted by Crippen LogP contribution is 2.59. The molecule has 0 saturated heterocycles. The first-order valence-corrected chi connectivity index (χ1v) is 13.2. The molecule has 6 heteroatoms. The maximum absolute atomic E-state index is 6.61. The fourth-order valence-corrected chi connectivity index (χ4v) is 7.56. The quantitative estimate of drug-likeness (QED) is 0.324. The lowest BCUT2D eigenvalue weighted by Crippen LogP contribution is -2.29. The summed E-state index contributed by atoms with van der Waals surface area (Å²) >= 11 is 0. The van der Waals surface area contributed by atoms with E-state index in [0.717, 1.165) is 36.0 Å². The van der Waals surface area contributed by atoms with Crippen LogP contribution in [0.15, 0.2) is 48.5 Å². The van der Waals surface area contributed by atoms with Gasteiger partial charge in [-0.05, 0) is 49.2 Å². The maximum atomic E-state index is 6.61. The molecule has 2 aliphatic heterocycles. The van der Waals surface area contributed by atoms with E-state index in [1.54, 1.807) is 0 Å². The van der Waals surface area contributed by atoms with Crippen LogP contribution >= 0.6 is 7.76 Å². The minimum absolute atomic E-state index is 0.628. The molecule has 6 rings (SSSR count). The Labute approximate surface area is 201 Å². The fourth-order valence-electron chi connectivity index (χ4n) is 5.28. The molecular formula is C28H30N2O3P+. The largest absolute Gasteiger partial charge is 0.485 e. The van der Waals surface area contributed by atoms with Gasteiger partial charge in [-0.1, -0.05) is 24.3 Å². The van der Waals surface area contributed by atoms with Crippen molar-refractivity contribution in [2.24, 2.45) is 0 Å². The number of hydrogen-bond donors (Lipinski definition) is 0. The highest BCUT2D eigenvalue weighted by atomic mass is 31.1. The van der Waals surface area contributed by atoms with Crippen molar-refractivity contribution in [3.05, 3.63) is 54.1 Å². The van der Waals surface area contributed by atoms with E-state index in [9.17, 15) is 0 Å². The Balaban J connectivity index is 1.86. The van der Waals surface area contributed by atoms with Crippen molar-refractivity contribution < 1.29 is 14.0 Å². The molecule has 0 amide bonds. The van der Waals surface area contributed by atoms with E-state index in [1.165, 1.54) is 37.7 Å². The van der Waals surface area contributed by atoms with Gasteiger partial charge in [0.1, 0.15) is 13.2 Å². The second-order valence-electron chi connectivity index (χ2n) is 9.06. The van der Waals surface area contributed by atoms with E-state index in [1.807, 2.05) is 0 Å². The summed E-state index contributed by atoms with van der Waals surface area (Å²) in [7, 11) is 3.15. The van der Waals surface area contributed by atoms with Crippen molar-refractivity contribution in [1.82, 2.24) is 0 Å². The molecule has 2 aliphatic rings. The number of ether oxygens (including phenoxy) is 2. The summed E-state index contributed by atoms with van der Waals surface area (Å²) < 4.78 is 19.4. The molecule has 0 aliphatic carbocycles. The van der Waals surface area contributed by atoms with Gasteiger partial charge in [0.15, 0.2) is 11.5 Å². The highest BCUT2D eigenvalue weighted by Gasteiger charge is 2.36. The lowest BCUT2D eigenvalue weighted by molar-refractivity contribution is 0.315. The first-order chi connectivity index (χ1) is 16.6. The van der Waals surface area contributed by atoms with Crippen molar-refractivity contribution in [2.75, 3.05) is 56.8 Å². The van der Waals surface area contributed by atoms with Crippen LogP contribution in [0.4, 0.5) is 11.4 Å². The van der Waals surface area contributed by atoms with Crippen LogP contribution in [-0.2, 0) is 0 Å². The van der Waals surface area contributed by atoms with Crippen LogP contribution in [0.2, 0.25) is 0 Å². The Morgan fingerprint density at radius 1 is 0.824 bits per heavy atom. The van der Waals surface area contributed by atoms with Crippen LogP contribution in [0.1, 0.15) is 12.5 Å². The van der Waals surface area contributed by atoms with E-state index in [0.29, 0.717) is 19.8 Å². The highest BCUT2D eigenvalue weighted by molar-refractivity contribution is 7.57. The Morgan fingerprint density at radius 2 is 1.38 bits per heavy atom. The molecule has 0 bridgehead atoms. The van der Waals surface area contributed by atoms with Gasteiger partial charge in [0.2, 0.25) is 10.2 Å². The van der Waals surface area contributed by atoms with Crippen molar-refractivity contribution in [3.63, 3.8) is 0 Å². The molecule has 0 atom stereocenters. The zero-order valence-corrected chi connectivity index (χ0v) is 21.1. The lowest BCUT2D eigenvalue weighted by Gasteiger charge is -2.29. The number of anilines is 2. The van der Waals surface area contributed by atoms with Crippen molar-refractivity contribution >= 4 is 40.1 Å². The average molecular weight is 474 g/mol. The Bertz CT molecular complexity index is 1350. The standard InChI is InChI=1S/C28H30N2O3P/c1-5-33-34-27-20(10-12-22-25(27)31-16-14-29(22)3)24(19-9-7-6-8-18(19)2)21-11-13-23-26(28(21)34)32-17-15-30(23)4/h6-13H,5,14-17H2,1-4H3/q+1. The van der Waals surface area contributed by atoms with Gasteiger partial charge in [0.05, 0.1) is 31.1 Å². The topological polar surface area (TPSA) is 34.2 Å². The van der Waals surface area contributed by atoms with E-state index < -0.39 is 7.76 Å². The number of hydrogen-bond acceptors (Lipinski definition) is 5. The molecule has 5 nitrogen and oxygen atoms in total. The summed E-state index contributed by atoms with van der Waals surface area (Å²) in [5, 5.41) is 4.77. The Hall–Kier alpha value is -3.01. The van der Waals surface area contributed by atoms with E-state index in [2.05, 4.69) is 86.3 Å². The molecule has 3 heterocycles. The van der Waals surface area contributed by atoms with Gasteiger partial charge >= 0.3 is 7.76 Å². The second-order valence-corrected chi connectivity index (χ2v) is 10.8. The number of benzene rings is 3. The first kappa shape index (κ1) is 21.5. The smallest absolute Gasteiger partial charge is 0.310 e. The van der Waals surface area contributed by atoms with Gasteiger partial charge in [-0.3, -0.25) is 0 Å².